The average Bonchev–Trinajstić information content (AvgIpc) is 2.57. The molecule has 0 aromatic carbocycles. The third-order valence-corrected chi connectivity index (χ3v) is 1.95. The van der Waals surface area contributed by atoms with Crippen molar-refractivity contribution in [2.75, 3.05) is 12.0 Å². The van der Waals surface area contributed by atoms with E-state index in [1.807, 2.05) is 43.0 Å². The van der Waals surface area contributed by atoms with Crippen LogP contribution in [-0.4, -0.2) is 11.2 Å². The van der Waals surface area contributed by atoms with Gasteiger partial charge in [0.15, 0.2) is 0 Å². The van der Waals surface area contributed by atoms with Crippen molar-refractivity contribution < 1.29 is 0 Å². The van der Waals surface area contributed by atoms with Gasteiger partial charge in [0, 0.05) is 18.9 Å². The molecule has 0 radical (unpaired) electrons. The summed E-state index contributed by atoms with van der Waals surface area (Å²) in [6, 6.07) is 6.19. The number of hydrogen-bond acceptors (Lipinski definition) is 2. The fourth-order valence-electron chi connectivity index (χ4n) is 0.993. The van der Waals surface area contributed by atoms with Crippen LogP contribution in [-0.2, 0) is 0 Å². The van der Waals surface area contributed by atoms with Crippen molar-refractivity contribution in [1.82, 2.24) is 4.68 Å². The molecule has 0 spiro atoms. The van der Waals surface area contributed by atoms with Gasteiger partial charge >= 0.3 is 0 Å². The predicted molar refractivity (Wildman–Crippen MR) is 52.7 cm³/mol. The third kappa shape index (κ3) is 3.20. The Labute approximate surface area is 79.0 Å². The van der Waals surface area contributed by atoms with Gasteiger partial charge in [-0.2, -0.15) is 5.26 Å². The van der Waals surface area contributed by atoms with Gasteiger partial charge in [-0.05, 0) is 32.4 Å². The molecule has 0 saturated carbocycles. The smallest absolute Gasteiger partial charge is 0.0684 e. The molecular weight excluding hydrogens is 162 g/mol. The van der Waals surface area contributed by atoms with E-state index in [0.29, 0.717) is 0 Å². The van der Waals surface area contributed by atoms with E-state index in [0.717, 1.165) is 13.0 Å². The summed E-state index contributed by atoms with van der Waals surface area (Å²) in [5.74, 6) is 0. The maximum absolute atomic E-state index is 8.77. The normalized spacial score (nSPS) is 10.8. The lowest BCUT2D eigenvalue weighted by Crippen LogP contribution is -2.20. The first-order valence-electron chi connectivity index (χ1n) is 4.42. The van der Waals surface area contributed by atoms with Crippen LogP contribution in [0, 0.1) is 16.7 Å². The number of rotatable bonds is 4. The van der Waals surface area contributed by atoms with Gasteiger partial charge in [-0.15, -0.1) is 0 Å². The van der Waals surface area contributed by atoms with Crippen molar-refractivity contribution in [2.24, 2.45) is 5.41 Å². The van der Waals surface area contributed by atoms with E-state index in [1.165, 1.54) is 0 Å². The summed E-state index contributed by atoms with van der Waals surface area (Å²) >= 11 is 0. The van der Waals surface area contributed by atoms with Crippen LogP contribution in [0.1, 0.15) is 20.3 Å². The van der Waals surface area contributed by atoms with Crippen LogP contribution in [0.5, 0.6) is 0 Å². The van der Waals surface area contributed by atoms with Crippen molar-refractivity contribution in [2.45, 2.75) is 20.3 Å². The second kappa shape index (κ2) is 3.99. The highest BCUT2D eigenvalue weighted by atomic mass is 15.4. The van der Waals surface area contributed by atoms with Crippen LogP contribution >= 0.6 is 0 Å². The number of aromatic nitrogens is 1. The highest BCUT2D eigenvalue weighted by molar-refractivity contribution is 4.96. The van der Waals surface area contributed by atoms with Crippen LogP contribution in [0.2, 0.25) is 0 Å². The molecule has 0 bridgehead atoms. The van der Waals surface area contributed by atoms with Gasteiger partial charge in [-0.25, -0.2) is 0 Å². The van der Waals surface area contributed by atoms with E-state index in [2.05, 4.69) is 11.5 Å². The molecule has 1 aromatic rings. The first-order valence-corrected chi connectivity index (χ1v) is 4.42. The fraction of sp³-hybridized carbons (Fsp3) is 0.500. The summed E-state index contributed by atoms with van der Waals surface area (Å²) in [6.07, 6.45) is 4.74. The van der Waals surface area contributed by atoms with Crippen LogP contribution in [0.15, 0.2) is 24.5 Å². The molecule has 0 aliphatic rings. The Bertz CT molecular complexity index is 280. The van der Waals surface area contributed by atoms with Gasteiger partial charge in [0.1, 0.15) is 0 Å². The molecule has 13 heavy (non-hydrogen) atoms. The second-order valence-electron chi connectivity index (χ2n) is 3.74. The molecule has 0 aliphatic carbocycles. The Morgan fingerprint density at radius 3 is 2.54 bits per heavy atom. The van der Waals surface area contributed by atoms with E-state index in [1.54, 1.807) is 0 Å². The zero-order valence-corrected chi connectivity index (χ0v) is 8.12. The number of hydrogen-bond donors (Lipinski definition) is 1. The summed E-state index contributed by atoms with van der Waals surface area (Å²) in [5.41, 5.74) is 2.94. The van der Waals surface area contributed by atoms with Crippen LogP contribution in [0.4, 0.5) is 0 Å². The fourth-order valence-corrected chi connectivity index (χ4v) is 0.993. The van der Waals surface area contributed by atoms with Crippen LogP contribution < -0.4 is 5.43 Å². The molecule has 70 valence electrons. The third-order valence-electron chi connectivity index (χ3n) is 1.95. The summed E-state index contributed by atoms with van der Waals surface area (Å²) in [5, 5.41) is 8.77. The first-order chi connectivity index (χ1) is 6.14. The molecule has 0 saturated heterocycles. The zero-order valence-electron chi connectivity index (χ0n) is 8.12. The van der Waals surface area contributed by atoms with E-state index >= 15 is 0 Å². The molecular formula is C10H15N3. The topological polar surface area (TPSA) is 40.8 Å². The number of nitriles is 1. The maximum Gasteiger partial charge on any atom is 0.0684 e. The van der Waals surface area contributed by atoms with Gasteiger partial charge in [-0.3, -0.25) is 4.68 Å². The minimum atomic E-state index is -0.236. The molecule has 1 heterocycles. The van der Waals surface area contributed by atoms with Crippen LogP contribution in [0.3, 0.4) is 0 Å². The average molecular weight is 177 g/mol. The van der Waals surface area contributed by atoms with Crippen molar-refractivity contribution in [3.63, 3.8) is 0 Å². The molecule has 0 fully saturated rings. The Morgan fingerprint density at radius 1 is 1.38 bits per heavy atom. The Hall–Kier alpha value is -1.43. The quantitative estimate of drug-likeness (QED) is 0.763. The molecule has 0 amide bonds. The highest BCUT2D eigenvalue weighted by Crippen LogP contribution is 2.17. The molecule has 1 N–H and O–H groups in total. The summed E-state index contributed by atoms with van der Waals surface area (Å²) < 4.78 is 1.90. The van der Waals surface area contributed by atoms with Crippen molar-refractivity contribution in [1.29, 1.82) is 5.26 Å². The van der Waals surface area contributed by atoms with Crippen molar-refractivity contribution >= 4 is 0 Å². The van der Waals surface area contributed by atoms with Gasteiger partial charge in [0.05, 0.1) is 11.5 Å². The monoisotopic (exact) mass is 177 g/mol. The Kier molecular flexibility index (Phi) is 2.97. The summed E-state index contributed by atoms with van der Waals surface area (Å²) in [6.45, 7) is 4.71. The zero-order chi connectivity index (χ0) is 9.73. The lowest BCUT2D eigenvalue weighted by atomic mass is 9.92. The molecule has 0 aliphatic heterocycles. The standard InChI is InChI=1S/C10H15N3/c1-10(2,9-11)5-6-12-13-7-3-4-8-13/h3-4,7-8,12H,5-6H2,1-2H3. The minimum absolute atomic E-state index is 0.236. The molecule has 3 nitrogen and oxygen atoms in total. The highest BCUT2D eigenvalue weighted by Gasteiger charge is 2.15. The minimum Gasteiger partial charge on any atom is -0.326 e. The number of nitrogens with one attached hydrogen (secondary N) is 1. The lowest BCUT2D eigenvalue weighted by Gasteiger charge is -2.15. The van der Waals surface area contributed by atoms with Crippen molar-refractivity contribution in [3.05, 3.63) is 24.5 Å². The molecule has 3 heteroatoms. The Balaban J connectivity index is 2.26. The van der Waals surface area contributed by atoms with Gasteiger partial charge in [-0.1, -0.05) is 0 Å². The molecule has 0 unspecified atom stereocenters. The summed E-state index contributed by atoms with van der Waals surface area (Å²) in [4.78, 5) is 0. The van der Waals surface area contributed by atoms with E-state index in [-0.39, 0.29) is 5.41 Å². The second-order valence-corrected chi connectivity index (χ2v) is 3.74. The predicted octanol–water partition coefficient (Wildman–Crippen LogP) is 1.97. The van der Waals surface area contributed by atoms with Gasteiger partial charge < -0.3 is 5.43 Å². The van der Waals surface area contributed by atoms with E-state index in [9.17, 15) is 0 Å². The molecule has 0 atom stereocenters. The first kappa shape index (κ1) is 9.66. The van der Waals surface area contributed by atoms with Crippen molar-refractivity contribution in [3.8, 4) is 6.07 Å². The SMILES string of the molecule is CC(C)(C#N)CCNn1cccc1. The number of nitrogens with zero attached hydrogens (tertiary/aromatic N) is 2. The van der Waals surface area contributed by atoms with Crippen LogP contribution in [0.25, 0.3) is 0 Å². The maximum atomic E-state index is 8.77. The summed E-state index contributed by atoms with van der Waals surface area (Å²) in [7, 11) is 0. The molecule has 1 aromatic heterocycles. The Morgan fingerprint density at radius 2 is 2.00 bits per heavy atom. The molecule has 1 rings (SSSR count). The van der Waals surface area contributed by atoms with E-state index < -0.39 is 0 Å². The van der Waals surface area contributed by atoms with Gasteiger partial charge in [0.2, 0.25) is 0 Å². The van der Waals surface area contributed by atoms with E-state index in [4.69, 9.17) is 5.26 Å². The lowest BCUT2D eigenvalue weighted by molar-refractivity contribution is 0.458. The largest absolute Gasteiger partial charge is 0.326 e. The van der Waals surface area contributed by atoms with Gasteiger partial charge in [0.25, 0.3) is 0 Å².